The van der Waals surface area contributed by atoms with Crippen molar-refractivity contribution in [3.63, 3.8) is 0 Å². The van der Waals surface area contributed by atoms with Crippen LogP contribution in [0.1, 0.15) is 59.2 Å². The van der Waals surface area contributed by atoms with Gasteiger partial charge in [0.2, 0.25) is 11.8 Å². The Labute approximate surface area is 207 Å². The van der Waals surface area contributed by atoms with Crippen LogP contribution >= 0.6 is 0 Å². The van der Waals surface area contributed by atoms with E-state index in [1.54, 1.807) is 0 Å². The van der Waals surface area contributed by atoms with Crippen LogP contribution in [-0.4, -0.2) is 53.2 Å². The Morgan fingerprint density at radius 2 is 1.77 bits per heavy atom. The van der Waals surface area contributed by atoms with Gasteiger partial charge in [-0.15, -0.1) is 0 Å². The minimum absolute atomic E-state index is 0.0155. The fourth-order valence-electron chi connectivity index (χ4n) is 6.07. The molecule has 1 saturated carbocycles. The third-order valence-corrected chi connectivity index (χ3v) is 7.96. The summed E-state index contributed by atoms with van der Waals surface area (Å²) in [5.74, 6) is -0.518. The first-order valence-electron chi connectivity index (χ1n) is 13.0. The first kappa shape index (κ1) is 23.6. The first-order chi connectivity index (χ1) is 17.0. The number of amides is 3. The molecule has 1 N–H and O–H groups in total. The van der Waals surface area contributed by atoms with Gasteiger partial charge in [0.05, 0.1) is 5.92 Å². The average molecular weight is 474 g/mol. The number of hydrogen-bond donors (Lipinski definition) is 1. The molecule has 3 atom stereocenters. The van der Waals surface area contributed by atoms with E-state index in [1.165, 1.54) is 11.1 Å². The van der Waals surface area contributed by atoms with Gasteiger partial charge in [0, 0.05) is 43.7 Å². The van der Waals surface area contributed by atoms with Crippen LogP contribution in [0.2, 0.25) is 0 Å². The van der Waals surface area contributed by atoms with Crippen molar-refractivity contribution < 1.29 is 14.4 Å². The van der Waals surface area contributed by atoms with Crippen LogP contribution in [0.5, 0.6) is 0 Å². The van der Waals surface area contributed by atoms with Crippen LogP contribution < -0.4 is 5.32 Å². The number of rotatable bonds is 2. The quantitative estimate of drug-likeness (QED) is 0.723. The summed E-state index contributed by atoms with van der Waals surface area (Å²) in [6, 6.07) is 15.7. The van der Waals surface area contributed by atoms with E-state index in [1.807, 2.05) is 53.1 Å². The molecule has 0 radical (unpaired) electrons. The van der Waals surface area contributed by atoms with Gasteiger partial charge in [-0.05, 0) is 68.7 Å². The summed E-state index contributed by atoms with van der Waals surface area (Å²) in [5, 5.41) is 3.08. The fourth-order valence-corrected chi connectivity index (χ4v) is 6.07. The molecule has 0 unspecified atom stereocenters. The second-order valence-corrected chi connectivity index (χ2v) is 10.3. The van der Waals surface area contributed by atoms with Gasteiger partial charge in [-0.3, -0.25) is 14.4 Å². The van der Waals surface area contributed by atoms with Crippen LogP contribution in [0.3, 0.4) is 0 Å². The highest BCUT2D eigenvalue weighted by molar-refractivity contribution is 5.95. The molecule has 1 saturated heterocycles. The molecule has 2 fully saturated rings. The van der Waals surface area contributed by atoms with Crippen LogP contribution in [-0.2, 0) is 22.6 Å². The molecule has 0 bridgehead atoms. The minimum Gasteiger partial charge on any atom is -0.356 e. The van der Waals surface area contributed by atoms with Crippen molar-refractivity contribution in [1.29, 1.82) is 0 Å². The lowest BCUT2D eigenvalue weighted by Crippen LogP contribution is -2.48. The molecular formula is C29H35N3O3. The Morgan fingerprint density at radius 1 is 0.943 bits per heavy atom. The Morgan fingerprint density at radius 3 is 2.60 bits per heavy atom. The van der Waals surface area contributed by atoms with Crippen molar-refractivity contribution in [2.45, 2.75) is 58.0 Å². The molecule has 2 aromatic carbocycles. The molecule has 0 aromatic heterocycles. The molecule has 35 heavy (non-hydrogen) atoms. The SMILES string of the molecule is Cc1cccc(C(=O)N2CCCCCNC(=O)[C@H]3C[C@H](C(=O)N4CCc5ccccc5C4)C[C@H]32)c1. The summed E-state index contributed by atoms with van der Waals surface area (Å²) < 4.78 is 0. The summed E-state index contributed by atoms with van der Waals surface area (Å²) >= 11 is 0. The molecule has 6 nitrogen and oxygen atoms in total. The smallest absolute Gasteiger partial charge is 0.254 e. The maximum Gasteiger partial charge on any atom is 0.254 e. The third kappa shape index (κ3) is 4.97. The van der Waals surface area contributed by atoms with E-state index in [2.05, 4.69) is 17.4 Å². The van der Waals surface area contributed by atoms with E-state index < -0.39 is 0 Å². The van der Waals surface area contributed by atoms with Gasteiger partial charge >= 0.3 is 0 Å². The molecule has 184 valence electrons. The van der Waals surface area contributed by atoms with Crippen molar-refractivity contribution in [3.05, 3.63) is 70.8 Å². The number of nitrogens with zero attached hydrogens (tertiary/aromatic N) is 2. The highest BCUT2D eigenvalue weighted by Crippen LogP contribution is 2.38. The fraction of sp³-hybridized carbons (Fsp3) is 0.483. The van der Waals surface area contributed by atoms with Crippen LogP contribution in [0, 0.1) is 18.8 Å². The Hall–Kier alpha value is -3.15. The summed E-state index contributed by atoms with van der Waals surface area (Å²) in [6.45, 7) is 4.60. The Balaban J connectivity index is 1.39. The van der Waals surface area contributed by atoms with Gasteiger partial charge in [-0.2, -0.15) is 0 Å². The topological polar surface area (TPSA) is 69.7 Å². The molecule has 3 aliphatic rings. The number of carbonyl (C=O) groups is 3. The predicted molar refractivity (Wildman–Crippen MR) is 135 cm³/mol. The zero-order valence-electron chi connectivity index (χ0n) is 20.5. The minimum atomic E-state index is -0.354. The third-order valence-electron chi connectivity index (χ3n) is 7.96. The van der Waals surface area contributed by atoms with E-state index >= 15 is 0 Å². The number of hydrogen-bond acceptors (Lipinski definition) is 3. The van der Waals surface area contributed by atoms with E-state index in [0.717, 1.165) is 31.2 Å². The monoisotopic (exact) mass is 473 g/mol. The van der Waals surface area contributed by atoms with Crippen molar-refractivity contribution in [2.24, 2.45) is 11.8 Å². The summed E-state index contributed by atoms with van der Waals surface area (Å²) in [4.78, 5) is 44.4. The summed E-state index contributed by atoms with van der Waals surface area (Å²) in [5.41, 5.74) is 4.21. The van der Waals surface area contributed by atoms with Gasteiger partial charge in [0.25, 0.3) is 5.91 Å². The number of aryl methyl sites for hydroxylation is 1. The van der Waals surface area contributed by atoms with Crippen molar-refractivity contribution >= 4 is 17.7 Å². The molecular weight excluding hydrogens is 438 g/mol. The molecule has 3 amide bonds. The number of nitrogens with one attached hydrogen (secondary N) is 1. The first-order valence-corrected chi connectivity index (χ1v) is 13.0. The zero-order valence-corrected chi connectivity index (χ0v) is 20.5. The lowest BCUT2D eigenvalue weighted by molar-refractivity contribution is -0.136. The number of fused-ring (bicyclic) bond motifs is 2. The molecule has 6 heteroatoms. The summed E-state index contributed by atoms with van der Waals surface area (Å²) in [7, 11) is 0. The highest BCUT2D eigenvalue weighted by atomic mass is 16.2. The van der Waals surface area contributed by atoms with Crippen LogP contribution in [0.4, 0.5) is 0 Å². The molecule has 2 aliphatic heterocycles. The lowest BCUT2D eigenvalue weighted by Gasteiger charge is -2.34. The van der Waals surface area contributed by atoms with Gasteiger partial charge < -0.3 is 15.1 Å². The maximum absolute atomic E-state index is 13.7. The normalized spacial score (nSPS) is 24.8. The second-order valence-electron chi connectivity index (χ2n) is 10.3. The van der Waals surface area contributed by atoms with Gasteiger partial charge in [0.15, 0.2) is 0 Å². The van der Waals surface area contributed by atoms with E-state index in [-0.39, 0.29) is 35.6 Å². The number of carbonyl (C=O) groups excluding carboxylic acids is 3. The zero-order chi connectivity index (χ0) is 24.4. The van der Waals surface area contributed by atoms with E-state index in [9.17, 15) is 14.4 Å². The van der Waals surface area contributed by atoms with E-state index in [0.29, 0.717) is 44.6 Å². The van der Waals surface area contributed by atoms with Crippen molar-refractivity contribution in [3.8, 4) is 0 Å². The second kappa shape index (κ2) is 10.2. The van der Waals surface area contributed by atoms with Gasteiger partial charge in [0.1, 0.15) is 0 Å². The number of benzene rings is 2. The van der Waals surface area contributed by atoms with Crippen LogP contribution in [0.25, 0.3) is 0 Å². The maximum atomic E-state index is 13.7. The standard InChI is InChI=1S/C29H35N3O3/c1-20-8-7-11-22(16-20)29(35)32-14-6-2-5-13-30-27(33)25-17-24(18-26(25)32)28(34)31-15-12-21-9-3-4-10-23(21)19-31/h3-4,7-11,16,24-26H,2,5-6,12-15,17-19H2,1H3,(H,30,33)/t24-,25-,26+/m0/s1. The molecule has 2 aromatic rings. The molecule has 1 aliphatic carbocycles. The van der Waals surface area contributed by atoms with Crippen molar-refractivity contribution in [2.75, 3.05) is 19.6 Å². The predicted octanol–water partition coefficient (Wildman–Crippen LogP) is 3.72. The molecule has 0 spiro atoms. The average Bonchev–Trinajstić information content (AvgIpc) is 3.32. The lowest BCUT2D eigenvalue weighted by atomic mass is 9.97. The Kier molecular flexibility index (Phi) is 6.89. The largest absolute Gasteiger partial charge is 0.356 e. The highest BCUT2D eigenvalue weighted by Gasteiger charge is 2.46. The van der Waals surface area contributed by atoms with Gasteiger partial charge in [-0.25, -0.2) is 0 Å². The Bertz CT molecular complexity index is 1110. The molecule has 2 heterocycles. The molecule has 5 rings (SSSR count). The summed E-state index contributed by atoms with van der Waals surface area (Å²) in [6.07, 6.45) is 4.69. The van der Waals surface area contributed by atoms with Crippen LogP contribution in [0.15, 0.2) is 48.5 Å². The van der Waals surface area contributed by atoms with Gasteiger partial charge in [-0.1, -0.05) is 42.0 Å². The van der Waals surface area contributed by atoms with E-state index in [4.69, 9.17) is 0 Å². The van der Waals surface area contributed by atoms with Crippen molar-refractivity contribution in [1.82, 2.24) is 15.1 Å².